The first-order chi connectivity index (χ1) is 7.29. The molecule has 4 heteroatoms. The molecule has 0 aromatic heterocycles. The Bertz CT molecular complexity index is 425. The topological polar surface area (TPSA) is 44.1 Å². The summed E-state index contributed by atoms with van der Waals surface area (Å²) in [6.45, 7) is 1.57. The van der Waals surface area contributed by atoms with E-state index >= 15 is 0 Å². The zero-order chi connectivity index (χ0) is 10.7. The van der Waals surface area contributed by atoms with Gasteiger partial charge < -0.3 is 0 Å². The Morgan fingerprint density at radius 1 is 1.53 bits per heavy atom. The van der Waals surface area contributed by atoms with Crippen molar-refractivity contribution in [1.82, 2.24) is 4.31 Å². The van der Waals surface area contributed by atoms with E-state index in [0.717, 1.165) is 24.3 Å². The monoisotopic (exact) mass is 220 g/mol. The quantitative estimate of drug-likeness (QED) is 0.756. The molecule has 15 heavy (non-hydrogen) atoms. The number of hydrogen-bond acceptors (Lipinski definition) is 2. The van der Waals surface area contributed by atoms with E-state index in [0.29, 0.717) is 12.1 Å². The largest absolute Gasteiger partial charge is 0.243 e. The Kier molecular flexibility index (Phi) is 3.14. The average molecular weight is 220 g/mol. The lowest BCUT2D eigenvalue weighted by Gasteiger charge is -2.12. The van der Waals surface area contributed by atoms with E-state index in [-0.39, 0.29) is 0 Å². The Balaban J connectivity index is 2.10. The van der Waals surface area contributed by atoms with Crippen molar-refractivity contribution in [3.05, 3.63) is 35.4 Å². The SMILES string of the molecule is N#Cc1cccc(CN2CCCS2=O)c1. The molecule has 0 amide bonds. The van der Waals surface area contributed by atoms with Crippen LogP contribution in [0.25, 0.3) is 0 Å². The Morgan fingerprint density at radius 2 is 2.40 bits per heavy atom. The van der Waals surface area contributed by atoms with E-state index in [1.165, 1.54) is 0 Å². The molecular weight excluding hydrogens is 208 g/mol. The molecule has 0 spiro atoms. The van der Waals surface area contributed by atoms with Gasteiger partial charge in [-0.15, -0.1) is 0 Å². The summed E-state index contributed by atoms with van der Waals surface area (Å²) in [5.74, 6) is 0.776. The van der Waals surface area contributed by atoms with Crippen LogP contribution in [0.3, 0.4) is 0 Å². The predicted molar refractivity (Wildman–Crippen MR) is 59.2 cm³/mol. The lowest BCUT2D eigenvalue weighted by Crippen LogP contribution is -2.19. The van der Waals surface area contributed by atoms with Gasteiger partial charge in [-0.25, -0.2) is 8.51 Å². The first kappa shape index (κ1) is 10.3. The minimum absolute atomic E-state index is 0.664. The summed E-state index contributed by atoms with van der Waals surface area (Å²) in [5, 5.41) is 8.75. The highest BCUT2D eigenvalue weighted by Crippen LogP contribution is 2.14. The third-order valence-electron chi connectivity index (χ3n) is 2.43. The van der Waals surface area contributed by atoms with Gasteiger partial charge in [-0.05, 0) is 24.1 Å². The fourth-order valence-corrected chi connectivity index (χ4v) is 2.95. The second-order valence-corrected chi connectivity index (χ2v) is 5.12. The van der Waals surface area contributed by atoms with Gasteiger partial charge in [0.25, 0.3) is 0 Å². The smallest absolute Gasteiger partial charge is 0.0991 e. The first-order valence-electron chi connectivity index (χ1n) is 4.92. The lowest BCUT2D eigenvalue weighted by molar-refractivity contribution is 0.471. The van der Waals surface area contributed by atoms with Crippen molar-refractivity contribution in [3.8, 4) is 6.07 Å². The third kappa shape index (κ3) is 2.44. The van der Waals surface area contributed by atoms with Gasteiger partial charge >= 0.3 is 0 Å². The van der Waals surface area contributed by atoms with Gasteiger partial charge in [0.15, 0.2) is 0 Å². The average Bonchev–Trinajstić information content (AvgIpc) is 2.65. The number of nitrogens with zero attached hydrogens (tertiary/aromatic N) is 2. The van der Waals surface area contributed by atoms with Crippen molar-refractivity contribution >= 4 is 11.0 Å². The maximum Gasteiger partial charge on any atom is 0.0991 e. The summed E-state index contributed by atoms with van der Waals surface area (Å²) in [6.07, 6.45) is 1.00. The van der Waals surface area contributed by atoms with E-state index in [2.05, 4.69) is 6.07 Å². The van der Waals surface area contributed by atoms with E-state index < -0.39 is 11.0 Å². The lowest BCUT2D eigenvalue weighted by atomic mass is 10.1. The zero-order valence-corrected chi connectivity index (χ0v) is 9.17. The summed E-state index contributed by atoms with van der Waals surface area (Å²) >= 11 is 0. The molecule has 1 unspecified atom stereocenters. The van der Waals surface area contributed by atoms with Crippen LogP contribution >= 0.6 is 0 Å². The fourth-order valence-electron chi connectivity index (χ4n) is 1.69. The molecule has 0 saturated carbocycles. The minimum Gasteiger partial charge on any atom is -0.243 e. The maximum atomic E-state index is 11.5. The second kappa shape index (κ2) is 4.56. The highest BCUT2D eigenvalue weighted by atomic mass is 32.2. The minimum atomic E-state index is -0.819. The summed E-state index contributed by atoms with van der Waals surface area (Å²) < 4.78 is 13.5. The van der Waals surface area contributed by atoms with E-state index in [1.807, 2.05) is 22.5 Å². The Hall–Kier alpha value is -1.18. The van der Waals surface area contributed by atoms with Gasteiger partial charge in [0.1, 0.15) is 0 Å². The Labute approximate surface area is 91.9 Å². The summed E-state index contributed by atoms with van der Waals surface area (Å²) in [6, 6.07) is 9.58. The normalized spacial score (nSPS) is 21.4. The fraction of sp³-hybridized carbons (Fsp3) is 0.364. The van der Waals surface area contributed by atoms with Gasteiger partial charge in [0, 0.05) is 18.8 Å². The van der Waals surface area contributed by atoms with Crippen molar-refractivity contribution in [2.24, 2.45) is 0 Å². The number of hydrogen-bond donors (Lipinski definition) is 0. The summed E-state index contributed by atoms with van der Waals surface area (Å²) in [7, 11) is -0.819. The van der Waals surface area contributed by atoms with Gasteiger partial charge in [0.05, 0.1) is 22.6 Å². The predicted octanol–water partition coefficient (Wildman–Crippen LogP) is 1.43. The molecule has 1 fully saturated rings. The molecule has 78 valence electrons. The number of rotatable bonds is 2. The molecule has 1 atom stereocenters. The van der Waals surface area contributed by atoms with Crippen LogP contribution in [0.5, 0.6) is 0 Å². The molecule has 1 aromatic rings. The molecule has 0 radical (unpaired) electrons. The Morgan fingerprint density at radius 3 is 3.07 bits per heavy atom. The van der Waals surface area contributed by atoms with Gasteiger partial charge in [0.2, 0.25) is 0 Å². The van der Waals surface area contributed by atoms with Crippen LogP contribution in [0.2, 0.25) is 0 Å². The highest BCUT2D eigenvalue weighted by molar-refractivity contribution is 7.82. The van der Waals surface area contributed by atoms with E-state index in [9.17, 15) is 4.21 Å². The first-order valence-corrected chi connectivity index (χ1v) is 6.19. The van der Waals surface area contributed by atoms with Crippen LogP contribution < -0.4 is 0 Å². The molecule has 1 aliphatic heterocycles. The molecule has 1 aliphatic rings. The maximum absolute atomic E-state index is 11.5. The number of nitriles is 1. The van der Waals surface area contributed by atoms with Crippen LogP contribution in [0.15, 0.2) is 24.3 Å². The van der Waals surface area contributed by atoms with Gasteiger partial charge in [-0.3, -0.25) is 0 Å². The molecule has 1 aromatic carbocycles. The standard InChI is InChI=1S/C11H12N2OS/c12-8-10-3-1-4-11(7-10)9-13-5-2-6-15(13)14/h1,3-4,7H,2,5-6,9H2. The van der Waals surface area contributed by atoms with Crippen LogP contribution in [0, 0.1) is 11.3 Å². The van der Waals surface area contributed by atoms with Crippen molar-refractivity contribution in [1.29, 1.82) is 5.26 Å². The molecule has 0 aliphatic carbocycles. The third-order valence-corrected chi connectivity index (χ3v) is 3.96. The molecule has 3 nitrogen and oxygen atoms in total. The second-order valence-electron chi connectivity index (χ2n) is 3.55. The molecule has 0 bridgehead atoms. The molecule has 1 saturated heterocycles. The van der Waals surface area contributed by atoms with Crippen molar-refractivity contribution in [2.45, 2.75) is 13.0 Å². The highest BCUT2D eigenvalue weighted by Gasteiger charge is 2.19. The van der Waals surface area contributed by atoms with Crippen molar-refractivity contribution in [3.63, 3.8) is 0 Å². The molecule has 2 rings (SSSR count). The van der Waals surface area contributed by atoms with E-state index in [1.54, 1.807) is 6.07 Å². The van der Waals surface area contributed by atoms with Crippen LogP contribution in [0.4, 0.5) is 0 Å². The van der Waals surface area contributed by atoms with Crippen LogP contribution in [-0.2, 0) is 17.5 Å². The molecular formula is C11H12N2OS. The van der Waals surface area contributed by atoms with Crippen LogP contribution in [-0.4, -0.2) is 20.8 Å². The summed E-state index contributed by atoms with van der Waals surface area (Å²) in [4.78, 5) is 0. The van der Waals surface area contributed by atoms with Gasteiger partial charge in [-0.1, -0.05) is 12.1 Å². The van der Waals surface area contributed by atoms with Crippen molar-refractivity contribution in [2.75, 3.05) is 12.3 Å². The van der Waals surface area contributed by atoms with Crippen LogP contribution in [0.1, 0.15) is 17.5 Å². The zero-order valence-electron chi connectivity index (χ0n) is 8.35. The molecule has 1 heterocycles. The van der Waals surface area contributed by atoms with E-state index in [4.69, 9.17) is 5.26 Å². The van der Waals surface area contributed by atoms with Gasteiger partial charge in [-0.2, -0.15) is 5.26 Å². The summed E-state index contributed by atoms with van der Waals surface area (Å²) in [5.41, 5.74) is 1.72. The van der Waals surface area contributed by atoms with Crippen molar-refractivity contribution < 1.29 is 4.21 Å². The number of benzene rings is 1. The molecule has 0 N–H and O–H groups in total.